The molecular weight excluding hydrogens is 841 g/mol. The molecule has 2 aromatic carbocycles. The van der Waals surface area contributed by atoms with E-state index in [-0.39, 0.29) is 61.5 Å². The zero-order chi connectivity index (χ0) is 44.7. The van der Waals surface area contributed by atoms with Gasteiger partial charge in [-0.2, -0.15) is 25.3 Å². The number of hydrogen-bond acceptors (Lipinski definition) is 12. The average Bonchev–Trinajstić information content (AvgIpc) is 3.59. The predicted molar refractivity (Wildman–Crippen MR) is 222 cm³/mol. The van der Waals surface area contributed by atoms with Gasteiger partial charge in [-0.1, -0.05) is 56.0 Å². The smallest absolute Gasteiger partial charge is 0.333 e. The standard InChI is InChI=1S/C41H50N2O14S3/c1-29-16-17-31(59(50,51)52)27-33(29)40(3,22-12-26-58(47,48)49)30(2)13-9-7-6-8-10-14-36-41(4,23-25-56-5)34-28-32(60(53,54)55)18-19-35(34)42(36)24-11-15-39(46)57-43-37(44)20-21-38(43)45/h6-10,13-14,16-19,27-28H,2,11-12,15,20-26H2,1,3-5H3,(H,47,48,49)(H,50,51,52)(H,53,54,55)/b7-6+,10-8+,13-9+,36-14+. The fraction of sp³-hybridized carbons (Fsp3) is 0.390. The molecule has 0 saturated carbocycles. The third-order valence-electron chi connectivity index (χ3n) is 10.7. The zero-order valence-corrected chi connectivity index (χ0v) is 36.2. The molecular formula is C41H50N2O14S3. The molecule has 0 radical (unpaired) electrons. The summed E-state index contributed by atoms with van der Waals surface area (Å²) in [4.78, 5) is 42.8. The lowest BCUT2D eigenvalue weighted by molar-refractivity contribution is -0.197. The summed E-state index contributed by atoms with van der Waals surface area (Å²) < 4.78 is 106. The lowest BCUT2D eigenvalue weighted by Crippen LogP contribution is -2.33. The maximum atomic E-state index is 12.6. The quantitative estimate of drug-likeness (QED) is 0.0818. The van der Waals surface area contributed by atoms with Gasteiger partial charge in [0.15, 0.2) is 0 Å². The fourth-order valence-electron chi connectivity index (χ4n) is 7.32. The van der Waals surface area contributed by atoms with Crippen molar-refractivity contribution in [2.45, 2.75) is 86.3 Å². The summed E-state index contributed by atoms with van der Waals surface area (Å²) in [6, 6.07) is 8.38. The van der Waals surface area contributed by atoms with E-state index in [1.54, 1.807) is 56.4 Å². The van der Waals surface area contributed by atoms with E-state index in [4.69, 9.17) is 9.57 Å². The average molecular weight is 891 g/mol. The zero-order valence-electron chi connectivity index (χ0n) is 33.7. The van der Waals surface area contributed by atoms with Crippen molar-refractivity contribution in [1.82, 2.24) is 5.06 Å². The summed E-state index contributed by atoms with van der Waals surface area (Å²) in [7, 11) is -11.9. The largest absolute Gasteiger partial charge is 0.385 e. The van der Waals surface area contributed by atoms with Crippen LogP contribution in [0.1, 0.15) is 75.5 Å². The van der Waals surface area contributed by atoms with Gasteiger partial charge >= 0.3 is 5.97 Å². The van der Waals surface area contributed by atoms with E-state index in [0.717, 1.165) is 5.70 Å². The van der Waals surface area contributed by atoms with Gasteiger partial charge in [0.2, 0.25) is 0 Å². The van der Waals surface area contributed by atoms with E-state index in [0.29, 0.717) is 39.4 Å². The number of carbonyl (C=O) groups is 3. The van der Waals surface area contributed by atoms with Crippen LogP contribution in [0, 0.1) is 6.92 Å². The van der Waals surface area contributed by atoms with Crippen molar-refractivity contribution in [2.75, 3.05) is 30.9 Å². The SMILES string of the molecule is C=C(/C=C/C=C/C=C/C=C1/N(CCCC(=O)ON2C(=O)CCC2=O)c2ccc(S(=O)(=O)O)cc2C1(C)CCOC)C(C)(CCCS(=O)(=O)O)c1cc(S(=O)(=O)O)ccc1C. The Morgan fingerprint density at radius 3 is 2.12 bits per heavy atom. The molecule has 2 aromatic rings. The topological polar surface area (TPSA) is 239 Å². The Morgan fingerprint density at radius 1 is 0.900 bits per heavy atom. The van der Waals surface area contributed by atoms with Gasteiger partial charge in [-0.05, 0) is 98.2 Å². The Labute approximate surface area is 351 Å². The number of carbonyl (C=O) groups excluding carboxylic acids is 3. The molecule has 3 N–H and O–H groups in total. The molecule has 60 heavy (non-hydrogen) atoms. The molecule has 2 atom stereocenters. The van der Waals surface area contributed by atoms with Crippen LogP contribution in [-0.4, -0.2) is 87.8 Å². The first-order valence-corrected chi connectivity index (χ1v) is 23.3. The second kappa shape index (κ2) is 19.3. The summed E-state index contributed by atoms with van der Waals surface area (Å²) in [6.07, 6.45) is 12.7. The molecule has 19 heteroatoms. The number of ether oxygens (including phenoxy) is 1. The van der Waals surface area contributed by atoms with Crippen molar-refractivity contribution >= 4 is 53.8 Å². The Morgan fingerprint density at radius 2 is 1.50 bits per heavy atom. The molecule has 2 aliphatic rings. The van der Waals surface area contributed by atoms with Crippen molar-refractivity contribution in [2.24, 2.45) is 0 Å². The number of imide groups is 1. The highest BCUT2D eigenvalue weighted by Crippen LogP contribution is 2.51. The fourth-order valence-corrected chi connectivity index (χ4v) is 8.84. The first kappa shape index (κ1) is 47.9. The van der Waals surface area contributed by atoms with Crippen LogP contribution in [0.2, 0.25) is 0 Å². The molecule has 1 saturated heterocycles. The molecule has 2 unspecified atom stereocenters. The van der Waals surface area contributed by atoms with Crippen LogP contribution in [0.5, 0.6) is 0 Å². The number of amides is 2. The van der Waals surface area contributed by atoms with Gasteiger partial charge in [0.05, 0.1) is 15.5 Å². The number of nitrogens with zero attached hydrogens (tertiary/aromatic N) is 2. The molecule has 2 aliphatic heterocycles. The van der Waals surface area contributed by atoms with Crippen molar-refractivity contribution in [3.63, 3.8) is 0 Å². The molecule has 2 heterocycles. The predicted octanol–water partition coefficient (Wildman–Crippen LogP) is 5.72. The molecule has 4 rings (SSSR count). The van der Waals surface area contributed by atoms with E-state index in [9.17, 15) is 53.3 Å². The van der Waals surface area contributed by atoms with E-state index >= 15 is 0 Å². The molecule has 2 amide bonds. The Hall–Kier alpha value is -4.76. The first-order chi connectivity index (χ1) is 27.9. The minimum absolute atomic E-state index is 0.0248. The van der Waals surface area contributed by atoms with Crippen LogP contribution in [0.3, 0.4) is 0 Å². The Kier molecular flexibility index (Phi) is 15.4. The van der Waals surface area contributed by atoms with E-state index in [1.165, 1.54) is 37.4 Å². The van der Waals surface area contributed by atoms with Crippen molar-refractivity contribution in [3.8, 4) is 0 Å². The van der Waals surface area contributed by atoms with Gasteiger partial charge in [-0.15, -0.1) is 5.06 Å². The van der Waals surface area contributed by atoms with Gasteiger partial charge in [0, 0.05) is 61.7 Å². The van der Waals surface area contributed by atoms with Crippen LogP contribution in [0.15, 0.2) is 107 Å². The second-order valence-corrected chi connectivity index (χ2v) is 19.3. The van der Waals surface area contributed by atoms with Crippen LogP contribution in [0.4, 0.5) is 5.69 Å². The van der Waals surface area contributed by atoms with Crippen molar-refractivity contribution in [3.05, 3.63) is 113 Å². The third kappa shape index (κ3) is 11.7. The molecule has 326 valence electrons. The third-order valence-corrected chi connectivity index (χ3v) is 13.2. The molecule has 0 aliphatic carbocycles. The number of methoxy groups -OCH3 is 1. The van der Waals surface area contributed by atoms with Crippen LogP contribution in [-0.2, 0) is 65.1 Å². The molecule has 0 aromatic heterocycles. The maximum absolute atomic E-state index is 12.6. The number of hydroxylamine groups is 2. The monoisotopic (exact) mass is 890 g/mol. The normalized spacial score (nSPS) is 19.3. The van der Waals surface area contributed by atoms with Crippen LogP contribution in [0.25, 0.3) is 0 Å². The molecule has 1 fully saturated rings. The van der Waals surface area contributed by atoms with Gasteiger partial charge in [0.1, 0.15) is 0 Å². The van der Waals surface area contributed by atoms with Crippen LogP contribution >= 0.6 is 0 Å². The Bertz CT molecular complexity index is 2460. The van der Waals surface area contributed by atoms with Crippen LogP contribution < -0.4 is 4.90 Å². The minimum Gasteiger partial charge on any atom is -0.385 e. The highest BCUT2D eigenvalue weighted by atomic mass is 32.2. The number of anilines is 1. The maximum Gasteiger partial charge on any atom is 0.333 e. The van der Waals surface area contributed by atoms with Gasteiger partial charge in [0.25, 0.3) is 42.2 Å². The summed E-state index contributed by atoms with van der Waals surface area (Å²) in [6.45, 7) is 10.1. The van der Waals surface area contributed by atoms with Gasteiger partial charge < -0.3 is 14.5 Å². The van der Waals surface area contributed by atoms with E-state index < -0.39 is 64.7 Å². The number of hydrogen-bond donors (Lipinski definition) is 3. The summed E-state index contributed by atoms with van der Waals surface area (Å²) in [5.41, 5.74) is 1.75. The summed E-state index contributed by atoms with van der Waals surface area (Å²) in [5, 5.41) is 0.486. The lowest BCUT2D eigenvalue weighted by atomic mass is 9.71. The van der Waals surface area contributed by atoms with E-state index in [1.807, 2.05) is 17.9 Å². The lowest BCUT2D eigenvalue weighted by Gasteiger charge is -2.33. The Balaban J connectivity index is 1.62. The van der Waals surface area contributed by atoms with Gasteiger partial charge in [-0.3, -0.25) is 23.2 Å². The number of allylic oxidation sites excluding steroid dienone is 9. The second-order valence-electron chi connectivity index (χ2n) is 14.9. The van der Waals surface area contributed by atoms with Gasteiger partial charge in [-0.25, -0.2) is 4.79 Å². The van der Waals surface area contributed by atoms with Crippen molar-refractivity contribution < 1.29 is 62.9 Å². The number of fused-ring (bicyclic) bond motifs is 1. The number of aryl methyl sites for hydroxylation is 1. The minimum atomic E-state index is -4.56. The highest BCUT2D eigenvalue weighted by Gasteiger charge is 2.44. The molecule has 16 nitrogen and oxygen atoms in total. The number of benzene rings is 2. The summed E-state index contributed by atoms with van der Waals surface area (Å²) in [5.74, 6) is -2.49. The molecule has 0 bridgehead atoms. The molecule has 0 spiro atoms. The highest BCUT2D eigenvalue weighted by molar-refractivity contribution is 7.86. The summed E-state index contributed by atoms with van der Waals surface area (Å²) >= 11 is 0. The van der Waals surface area contributed by atoms with Crippen molar-refractivity contribution in [1.29, 1.82) is 0 Å². The first-order valence-electron chi connectivity index (χ1n) is 18.8. The van der Waals surface area contributed by atoms with E-state index in [2.05, 4.69) is 6.58 Å². The number of rotatable bonds is 20.